The van der Waals surface area contributed by atoms with Crippen molar-refractivity contribution in [1.82, 2.24) is 4.98 Å². The predicted octanol–water partition coefficient (Wildman–Crippen LogP) is 1.18. The third kappa shape index (κ3) is 2.01. The Morgan fingerprint density at radius 3 is 3.07 bits per heavy atom. The summed E-state index contributed by atoms with van der Waals surface area (Å²) in [6, 6.07) is 4.73. The minimum atomic E-state index is -0.470. The highest BCUT2D eigenvalue weighted by Crippen LogP contribution is 2.17. The summed E-state index contributed by atoms with van der Waals surface area (Å²) in [5.41, 5.74) is 0. The standard InChI is InChI=1S/C10H13FN2O/c11-9-4-1-5-10(12-9)13-6-2-3-8(14)7-13/h1,4-5,8,14H,2-3,6-7H2/t8-/m1/s1. The Hall–Kier alpha value is -1.16. The number of pyridine rings is 1. The Morgan fingerprint density at radius 1 is 1.50 bits per heavy atom. The third-order valence-electron chi connectivity index (χ3n) is 2.42. The van der Waals surface area contributed by atoms with Crippen LogP contribution in [0.4, 0.5) is 10.2 Å². The summed E-state index contributed by atoms with van der Waals surface area (Å²) >= 11 is 0. The van der Waals surface area contributed by atoms with E-state index in [1.807, 2.05) is 4.90 Å². The molecule has 2 heterocycles. The number of aliphatic hydroxyl groups excluding tert-OH is 1. The molecule has 0 unspecified atom stereocenters. The van der Waals surface area contributed by atoms with Crippen LogP contribution >= 0.6 is 0 Å². The van der Waals surface area contributed by atoms with Crippen molar-refractivity contribution in [2.75, 3.05) is 18.0 Å². The largest absolute Gasteiger partial charge is 0.391 e. The number of β-amino-alcohol motifs (C(OH)–C–C–N with tert-alkyl or cyclic N) is 1. The van der Waals surface area contributed by atoms with E-state index >= 15 is 0 Å². The summed E-state index contributed by atoms with van der Waals surface area (Å²) in [6.45, 7) is 1.39. The highest BCUT2D eigenvalue weighted by molar-refractivity contribution is 5.38. The molecule has 1 saturated heterocycles. The SMILES string of the molecule is O[C@@H]1CCCN(c2cccc(F)n2)C1. The summed E-state index contributed by atoms with van der Waals surface area (Å²) in [4.78, 5) is 5.69. The normalized spacial score (nSPS) is 22.4. The maximum atomic E-state index is 12.8. The van der Waals surface area contributed by atoms with Gasteiger partial charge in [-0.1, -0.05) is 6.07 Å². The van der Waals surface area contributed by atoms with Crippen LogP contribution in [-0.2, 0) is 0 Å². The molecule has 0 aliphatic carbocycles. The van der Waals surface area contributed by atoms with E-state index in [1.165, 1.54) is 6.07 Å². The first-order valence-electron chi connectivity index (χ1n) is 4.81. The van der Waals surface area contributed by atoms with Crippen molar-refractivity contribution in [1.29, 1.82) is 0 Å². The molecule has 1 fully saturated rings. The summed E-state index contributed by atoms with van der Waals surface area (Å²) in [5.74, 6) is 0.145. The van der Waals surface area contributed by atoms with E-state index in [0.29, 0.717) is 12.4 Å². The van der Waals surface area contributed by atoms with Crippen LogP contribution < -0.4 is 4.90 Å². The van der Waals surface area contributed by atoms with E-state index in [-0.39, 0.29) is 6.10 Å². The molecule has 0 saturated carbocycles. The van der Waals surface area contributed by atoms with Gasteiger partial charge in [-0.05, 0) is 25.0 Å². The van der Waals surface area contributed by atoms with Crippen LogP contribution in [0, 0.1) is 5.95 Å². The topological polar surface area (TPSA) is 36.4 Å². The highest BCUT2D eigenvalue weighted by Gasteiger charge is 2.18. The molecule has 2 rings (SSSR count). The van der Waals surface area contributed by atoms with Crippen LogP contribution in [-0.4, -0.2) is 29.3 Å². The molecule has 1 N–H and O–H groups in total. The second kappa shape index (κ2) is 3.92. The summed E-state index contributed by atoms with van der Waals surface area (Å²) < 4.78 is 12.8. The van der Waals surface area contributed by atoms with Crippen molar-refractivity contribution in [3.05, 3.63) is 24.1 Å². The summed E-state index contributed by atoms with van der Waals surface area (Å²) in [7, 11) is 0. The summed E-state index contributed by atoms with van der Waals surface area (Å²) in [6.07, 6.45) is 1.44. The smallest absolute Gasteiger partial charge is 0.214 e. The number of nitrogens with zero attached hydrogens (tertiary/aromatic N) is 2. The Balaban J connectivity index is 2.14. The molecule has 1 aromatic heterocycles. The zero-order valence-electron chi connectivity index (χ0n) is 7.86. The number of piperidine rings is 1. The lowest BCUT2D eigenvalue weighted by molar-refractivity contribution is 0.154. The molecule has 1 atom stereocenters. The van der Waals surface area contributed by atoms with Crippen molar-refractivity contribution in [2.24, 2.45) is 0 Å². The van der Waals surface area contributed by atoms with Gasteiger partial charge in [-0.2, -0.15) is 4.39 Å². The average Bonchev–Trinajstić information content (AvgIpc) is 2.18. The van der Waals surface area contributed by atoms with Crippen LogP contribution in [0.2, 0.25) is 0 Å². The fourth-order valence-electron chi connectivity index (χ4n) is 1.74. The lowest BCUT2D eigenvalue weighted by atomic mass is 10.1. The monoisotopic (exact) mass is 196 g/mol. The molecule has 0 amide bonds. The molecule has 0 spiro atoms. The zero-order valence-corrected chi connectivity index (χ0v) is 7.86. The highest BCUT2D eigenvalue weighted by atomic mass is 19.1. The molecule has 0 bridgehead atoms. The Kier molecular flexibility index (Phi) is 2.63. The number of aliphatic hydroxyl groups is 1. The zero-order chi connectivity index (χ0) is 9.97. The minimum Gasteiger partial charge on any atom is -0.391 e. The van der Waals surface area contributed by atoms with E-state index in [1.54, 1.807) is 12.1 Å². The molecular formula is C10H13FN2O. The number of halogens is 1. The number of hydrogen-bond acceptors (Lipinski definition) is 3. The Morgan fingerprint density at radius 2 is 2.36 bits per heavy atom. The van der Waals surface area contributed by atoms with E-state index in [4.69, 9.17) is 0 Å². The maximum absolute atomic E-state index is 12.8. The molecule has 14 heavy (non-hydrogen) atoms. The van der Waals surface area contributed by atoms with Gasteiger partial charge in [0.1, 0.15) is 5.82 Å². The van der Waals surface area contributed by atoms with Crippen molar-refractivity contribution >= 4 is 5.82 Å². The molecule has 0 aromatic carbocycles. The van der Waals surface area contributed by atoms with Crippen molar-refractivity contribution < 1.29 is 9.50 Å². The van der Waals surface area contributed by atoms with Crippen LogP contribution in [0.25, 0.3) is 0 Å². The first-order valence-corrected chi connectivity index (χ1v) is 4.81. The lowest BCUT2D eigenvalue weighted by Crippen LogP contribution is -2.38. The quantitative estimate of drug-likeness (QED) is 0.685. The number of aromatic nitrogens is 1. The maximum Gasteiger partial charge on any atom is 0.214 e. The summed E-state index contributed by atoms with van der Waals surface area (Å²) in [5, 5.41) is 9.45. The second-order valence-corrected chi connectivity index (χ2v) is 3.56. The van der Waals surface area contributed by atoms with Crippen LogP contribution in [0.5, 0.6) is 0 Å². The molecule has 4 heteroatoms. The van der Waals surface area contributed by atoms with Gasteiger partial charge in [0.15, 0.2) is 0 Å². The lowest BCUT2D eigenvalue weighted by Gasteiger charge is -2.30. The van der Waals surface area contributed by atoms with Gasteiger partial charge < -0.3 is 10.0 Å². The second-order valence-electron chi connectivity index (χ2n) is 3.56. The van der Waals surface area contributed by atoms with Gasteiger partial charge in [0.2, 0.25) is 5.95 Å². The molecule has 1 aromatic rings. The van der Waals surface area contributed by atoms with Crippen LogP contribution in [0.3, 0.4) is 0 Å². The van der Waals surface area contributed by atoms with Crippen molar-refractivity contribution in [3.8, 4) is 0 Å². The fourth-order valence-corrected chi connectivity index (χ4v) is 1.74. The van der Waals surface area contributed by atoms with Crippen LogP contribution in [0.1, 0.15) is 12.8 Å². The van der Waals surface area contributed by atoms with Gasteiger partial charge in [0.05, 0.1) is 6.10 Å². The third-order valence-corrected chi connectivity index (χ3v) is 2.42. The average molecular weight is 196 g/mol. The van der Waals surface area contributed by atoms with Gasteiger partial charge in [0, 0.05) is 13.1 Å². The minimum absolute atomic E-state index is 0.311. The van der Waals surface area contributed by atoms with Gasteiger partial charge in [-0.3, -0.25) is 0 Å². The number of anilines is 1. The van der Waals surface area contributed by atoms with E-state index < -0.39 is 5.95 Å². The van der Waals surface area contributed by atoms with Gasteiger partial charge in [-0.25, -0.2) is 4.98 Å². The molecule has 76 valence electrons. The molecule has 1 aliphatic heterocycles. The van der Waals surface area contributed by atoms with Crippen molar-refractivity contribution in [2.45, 2.75) is 18.9 Å². The molecule has 3 nitrogen and oxygen atoms in total. The number of rotatable bonds is 1. The van der Waals surface area contributed by atoms with E-state index in [9.17, 15) is 9.50 Å². The van der Waals surface area contributed by atoms with Gasteiger partial charge >= 0.3 is 0 Å². The number of hydrogen-bond donors (Lipinski definition) is 1. The van der Waals surface area contributed by atoms with Crippen molar-refractivity contribution in [3.63, 3.8) is 0 Å². The molecule has 0 radical (unpaired) electrons. The van der Waals surface area contributed by atoms with Crippen LogP contribution in [0.15, 0.2) is 18.2 Å². The van der Waals surface area contributed by atoms with Gasteiger partial charge in [-0.15, -0.1) is 0 Å². The molecular weight excluding hydrogens is 183 g/mol. The first-order chi connectivity index (χ1) is 6.75. The van der Waals surface area contributed by atoms with E-state index in [0.717, 1.165) is 19.4 Å². The Labute approximate surface area is 82.2 Å². The fraction of sp³-hybridized carbons (Fsp3) is 0.500. The first kappa shape index (κ1) is 9.40. The van der Waals surface area contributed by atoms with Gasteiger partial charge in [0.25, 0.3) is 0 Å². The molecule has 1 aliphatic rings. The predicted molar refractivity (Wildman–Crippen MR) is 51.6 cm³/mol. The Bertz CT molecular complexity index is 319. The van der Waals surface area contributed by atoms with E-state index in [2.05, 4.69) is 4.98 Å².